The van der Waals surface area contributed by atoms with Crippen LogP contribution in [0, 0.1) is 23.7 Å². The summed E-state index contributed by atoms with van der Waals surface area (Å²) in [7, 11) is 0. The predicted octanol–water partition coefficient (Wildman–Crippen LogP) is 0.359. The van der Waals surface area contributed by atoms with Crippen LogP contribution in [-0.4, -0.2) is 34.2 Å². The minimum Gasteiger partial charge on any atom is -0.376 e. The van der Waals surface area contributed by atoms with Crippen LogP contribution in [0.2, 0.25) is 0 Å². The Hall–Kier alpha value is -1.03. The number of aliphatic hydroxyl groups is 1. The van der Waals surface area contributed by atoms with Crippen LogP contribution in [0.3, 0.4) is 0 Å². The zero-order chi connectivity index (χ0) is 10.1. The van der Waals surface area contributed by atoms with Gasteiger partial charge in [-0.25, -0.2) is 0 Å². The van der Waals surface area contributed by atoms with Gasteiger partial charge in [-0.2, -0.15) is 5.26 Å². The number of nitrogens with zero attached hydrogens (tertiary/aromatic N) is 2. The van der Waals surface area contributed by atoms with E-state index in [1.54, 1.807) is 0 Å². The van der Waals surface area contributed by atoms with E-state index < -0.39 is 11.1 Å². The Bertz CT molecular complexity index is 284. The fraction of sp³-hybridized carbons (Fsp3) is 0.700. The van der Waals surface area contributed by atoms with Crippen LogP contribution in [0.5, 0.6) is 0 Å². The summed E-state index contributed by atoms with van der Waals surface area (Å²) in [6.07, 6.45) is 5.76. The summed E-state index contributed by atoms with van der Waals surface area (Å²) in [5, 5.41) is 18.6. The summed E-state index contributed by atoms with van der Waals surface area (Å²) >= 11 is 0. The standard InChI is InChI=1S/C10H14N2O/c1-4-10(13)5-6-12(8-10)9(2,3)7-11/h1,13H,5-6,8H2,2-3H3. The summed E-state index contributed by atoms with van der Waals surface area (Å²) in [5.41, 5.74) is -1.57. The summed E-state index contributed by atoms with van der Waals surface area (Å²) in [5.74, 6) is 2.37. The highest BCUT2D eigenvalue weighted by Gasteiger charge is 2.40. The Labute approximate surface area is 79.0 Å². The molecule has 0 bridgehead atoms. The molecule has 0 aromatic rings. The van der Waals surface area contributed by atoms with Crippen LogP contribution < -0.4 is 0 Å². The first-order valence-electron chi connectivity index (χ1n) is 4.30. The van der Waals surface area contributed by atoms with Gasteiger partial charge >= 0.3 is 0 Å². The van der Waals surface area contributed by atoms with Gasteiger partial charge in [0.05, 0.1) is 6.07 Å². The molecule has 0 aliphatic carbocycles. The molecule has 1 unspecified atom stereocenters. The molecule has 0 saturated carbocycles. The number of terminal acetylenes is 1. The topological polar surface area (TPSA) is 47.3 Å². The minimum atomic E-state index is -1.03. The monoisotopic (exact) mass is 178 g/mol. The fourth-order valence-corrected chi connectivity index (χ4v) is 1.46. The van der Waals surface area contributed by atoms with Gasteiger partial charge in [0.2, 0.25) is 0 Å². The molecule has 1 heterocycles. The third kappa shape index (κ3) is 1.83. The highest BCUT2D eigenvalue weighted by molar-refractivity contribution is 5.16. The Kier molecular flexibility index (Phi) is 2.34. The van der Waals surface area contributed by atoms with Gasteiger partial charge in [-0.15, -0.1) is 6.42 Å². The number of rotatable bonds is 1. The maximum absolute atomic E-state index is 9.74. The first-order valence-corrected chi connectivity index (χ1v) is 4.30. The molecule has 0 aromatic heterocycles. The van der Waals surface area contributed by atoms with Gasteiger partial charge in [-0.3, -0.25) is 4.90 Å². The van der Waals surface area contributed by atoms with Gasteiger partial charge in [-0.1, -0.05) is 5.92 Å². The average molecular weight is 178 g/mol. The zero-order valence-electron chi connectivity index (χ0n) is 8.04. The summed E-state index contributed by atoms with van der Waals surface area (Å²) in [6, 6.07) is 2.19. The molecule has 1 fully saturated rings. The summed E-state index contributed by atoms with van der Waals surface area (Å²) < 4.78 is 0. The van der Waals surface area contributed by atoms with E-state index in [0.717, 1.165) is 0 Å². The average Bonchev–Trinajstić information content (AvgIpc) is 2.50. The Morgan fingerprint density at radius 2 is 2.23 bits per heavy atom. The van der Waals surface area contributed by atoms with Crippen molar-refractivity contribution in [3.63, 3.8) is 0 Å². The summed E-state index contributed by atoms with van der Waals surface area (Å²) in [4.78, 5) is 1.91. The van der Waals surface area contributed by atoms with E-state index in [-0.39, 0.29) is 0 Å². The van der Waals surface area contributed by atoms with Gasteiger partial charge in [0.15, 0.2) is 0 Å². The highest BCUT2D eigenvalue weighted by atomic mass is 16.3. The van der Waals surface area contributed by atoms with E-state index in [1.165, 1.54) is 0 Å². The molecule has 0 aromatic carbocycles. The van der Waals surface area contributed by atoms with Crippen LogP contribution in [0.4, 0.5) is 0 Å². The molecule has 70 valence electrons. The first kappa shape index (κ1) is 10.1. The molecule has 3 nitrogen and oxygen atoms in total. The van der Waals surface area contributed by atoms with Crippen LogP contribution in [-0.2, 0) is 0 Å². The van der Waals surface area contributed by atoms with Gasteiger partial charge in [0.1, 0.15) is 11.1 Å². The van der Waals surface area contributed by atoms with Crippen LogP contribution in [0.25, 0.3) is 0 Å². The Balaban J connectivity index is 2.73. The maximum atomic E-state index is 9.74. The second kappa shape index (κ2) is 3.03. The molecule has 1 aliphatic rings. The van der Waals surface area contributed by atoms with Crippen molar-refractivity contribution in [1.29, 1.82) is 5.26 Å². The molecule has 1 N–H and O–H groups in total. The Morgan fingerprint density at radius 3 is 2.62 bits per heavy atom. The Morgan fingerprint density at radius 1 is 1.62 bits per heavy atom. The van der Waals surface area contributed by atoms with Gasteiger partial charge in [0, 0.05) is 19.5 Å². The first-order chi connectivity index (χ1) is 5.93. The third-order valence-electron chi connectivity index (χ3n) is 2.58. The van der Waals surface area contributed by atoms with Crippen molar-refractivity contribution in [1.82, 2.24) is 4.90 Å². The van der Waals surface area contributed by atoms with Crippen molar-refractivity contribution in [2.45, 2.75) is 31.4 Å². The number of nitriles is 1. The molecule has 3 heteroatoms. The number of hydrogen-bond donors (Lipinski definition) is 1. The second-order valence-electron chi connectivity index (χ2n) is 4.02. The lowest BCUT2D eigenvalue weighted by Crippen LogP contribution is -2.43. The molecule has 13 heavy (non-hydrogen) atoms. The maximum Gasteiger partial charge on any atom is 0.139 e. The van der Waals surface area contributed by atoms with E-state index >= 15 is 0 Å². The predicted molar refractivity (Wildman–Crippen MR) is 49.7 cm³/mol. The second-order valence-corrected chi connectivity index (χ2v) is 4.02. The van der Waals surface area contributed by atoms with Crippen molar-refractivity contribution in [3.8, 4) is 18.4 Å². The van der Waals surface area contributed by atoms with Crippen molar-refractivity contribution in [3.05, 3.63) is 0 Å². The molecule has 1 saturated heterocycles. The quantitative estimate of drug-likeness (QED) is 0.590. The SMILES string of the molecule is C#CC1(O)CCN(C(C)(C)C#N)C1. The van der Waals surface area contributed by atoms with Crippen molar-refractivity contribution < 1.29 is 5.11 Å². The van der Waals surface area contributed by atoms with Crippen molar-refractivity contribution in [2.75, 3.05) is 13.1 Å². The van der Waals surface area contributed by atoms with E-state index in [2.05, 4.69) is 12.0 Å². The normalized spacial score (nSPS) is 29.6. The third-order valence-corrected chi connectivity index (χ3v) is 2.58. The molecule has 1 aliphatic heterocycles. The molecule has 1 atom stereocenters. The molecule has 0 amide bonds. The molecule has 0 radical (unpaired) electrons. The van der Waals surface area contributed by atoms with E-state index in [0.29, 0.717) is 19.5 Å². The molecular weight excluding hydrogens is 164 g/mol. The number of hydrogen-bond acceptors (Lipinski definition) is 3. The van der Waals surface area contributed by atoms with Gasteiger partial charge in [0.25, 0.3) is 0 Å². The molecular formula is C10H14N2O. The van der Waals surface area contributed by atoms with Gasteiger partial charge in [-0.05, 0) is 13.8 Å². The molecule has 0 spiro atoms. The minimum absolute atomic E-state index is 0.393. The number of likely N-dealkylation sites (tertiary alicyclic amines) is 1. The van der Waals surface area contributed by atoms with Crippen LogP contribution in [0.15, 0.2) is 0 Å². The van der Waals surface area contributed by atoms with Gasteiger partial charge < -0.3 is 5.11 Å². The highest BCUT2D eigenvalue weighted by Crippen LogP contribution is 2.26. The lowest BCUT2D eigenvalue weighted by molar-refractivity contribution is 0.0934. The van der Waals surface area contributed by atoms with Crippen molar-refractivity contribution >= 4 is 0 Å². The lowest BCUT2D eigenvalue weighted by Gasteiger charge is -2.29. The van der Waals surface area contributed by atoms with E-state index in [1.807, 2.05) is 18.7 Å². The largest absolute Gasteiger partial charge is 0.376 e. The van der Waals surface area contributed by atoms with Crippen LogP contribution >= 0.6 is 0 Å². The lowest BCUT2D eigenvalue weighted by atomic mass is 10.0. The van der Waals surface area contributed by atoms with Crippen LogP contribution in [0.1, 0.15) is 20.3 Å². The number of β-amino-alcohol motifs (C(OH)–C–C–N with tert-alkyl or cyclic N) is 1. The smallest absolute Gasteiger partial charge is 0.139 e. The van der Waals surface area contributed by atoms with Crippen molar-refractivity contribution in [2.24, 2.45) is 0 Å². The molecule has 1 rings (SSSR count). The zero-order valence-corrected chi connectivity index (χ0v) is 8.04. The van der Waals surface area contributed by atoms with E-state index in [4.69, 9.17) is 11.7 Å². The summed E-state index contributed by atoms with van der Waals surface area (Å²) in [6.45, 7) is 4.73. The fourth-order valence-electron chi connectivity index (χ4n) is 1.46. The van der Waals surface area contributed by atoms with E-state index in [9.17, 15) is 5.11 Å².